The Hall–Kier alpha value is -1.69. The summed E-state index contributed by atoms with van der Waals surface area (Å²) in [5.74, 6) is 1.24. The fourth-order valence-corrected chi connectivity index (χ4v) is 4.58. The first-order valence-electron chi connectivity index (χ1n) is 8.07. The number of fused-ring (bicyclic) bond motifs is 1. The zero-order valence-electron chi connectivity index (χ0n) is 14.4. The molecule has 5 heteroatoms. The molecular weight excluding hydrogens is 322 g/mol. The summed E-state index contributed by atoms with van der Waals surface area (Å²) in [6, 6.07) is 11.6. The van der Waals surface area contributed by atoms with Gasteiger partial charge in [0, 0.05) is 29.8 Å². The van der Waals surface area contributed by atoms with Crippen LogP contribution >= 0.6 is 0 Å². The second-order valence-corrected chi connectivity index (χ2v) is 7.38. The fourth-order valence-electron chi connectivity index (χ4n) is 3.13. The van der Waals surface area contributed by atoms with E-state index in [1.54, 1.807) is 14.2 Å². The van der Waals surface area contributed by atoms with Crippen LogP contribution in [0.15, 0.2) is 46.2 Å². The standard InChI is InChI=1S/C19H23NO3S/c1-20-11-9-14-13-17(22-2)18(23-3)19(16(14)10-12-20)24(21)15-7-5-4-6-8-15/h4-8,13H,9-12H2,1-3H3. The zero-order chi connectivity index (χ0) is 17.1. The van der Waals surface area contributed by atoms with Crippen LogP contribution in [-0.2, 0) is 24.0 Å². The summed E-state index contributed by atoms with van der Waals surface area (Å²) < 4.78 is 24.5. The maximum Gasteiger partial charge on any atom is 0.217 e. The highest BCUT2D eigenvalue weighted by Gasteiger charge is 2.31. The van der Waals surface area contributed by atoms with Gasteiger partial charge < -0.3 is 18.9 Å². The van der Waals surface area contributed by atoms with Gasteiger partial charge >= 0.3 is 0 Å². The zero-order valence-corrected chi connectivity index (χ0v) is 15.2. The summed E-state index contributed by atoms with van der Waals surface area (Å²) in [6.07, 6.45) is 1.78. The molecule has 1 unspecified atom stereocenters. The Bertz CT molecular complexity index is 706. The molecule has 0 fully saturated rings. The molecule has 24 heavy (non-hydrogen) atoms. The van der Waals surface area contributed by atoms with Crippen molar-refractivity contribution in [1.82, 2.24) is 4.90 Å². The van der Waals surface area contributed by atoms with Crippen LogP contribution < -0.4 is 9.47 Å². The largest absolute Gasteiger partial charge is 0.606 e. The summed E-state index contributed by atoms with van der Waals surface area (Å²) in [6.45, 7) is 1.93. The predicted octanol–water partition coefficient (Wildman–Crippen LogP) is 2.90. The van der Waals surface area contributed by atoms with Crippen molar-refractivity contribution in [1.29, 1.82) is 0 Å². The van der Waals surface area contributed by atoms with Crippen LogP contribution in [-0.4, -0.2) is 43.8 Å². The number of nitrogens with zero attached hydrogens (tertiary/aromatic N) is 1. The molecule has 1 aliphatic rings. The molecule has 1 aliphatic heterocycles. The average Bonchev–Trinajstić information content (AvgIpc) is 2.81. The van der Waals surface area contributed by atoms with Crippen LogP contribution in [0.3, 0.4) is 0 Å². The van der Waals surface area contributed by atoms with E-state index >= 15 is 0 Å². The molecule has 2 aromatic rings. The van der Waals surface area contributed by atoms with Crippen molar-refractivity contribution < 1.29 is 14.0 Å². The number of hydrogen-bond donors (Lipinski definition) is 0. The first-order chi connectivity index (χ1) is 11.7. The summed E-state index contributed by atoms with van der Waals surface area (Å²) >= 11 is -1.30. The van der Waals surface area contributed by atoms with Gasteiger partial charge in [-0.2, -0.15) is 0 Å². The van der Waals surface area contributed by atoms with Crippen molar-refractivity contribution in [2.75, 3.05) is 34.4 Å². The predicted molar refractivity (Wildman–Crippen MR) is 95.6 cm³/mol. The fraction of sp³-hybridized carbons (Fsp3) is 0.368. The summed E-state index contributed by atoms with van der Waals surface area (Å²) in [5.41, 5.74) is 2.34. The van der Waals surface area contributed by atoms with E-state index in [1.807, 2.05) is 36.4 Å². The van der Waals surface area contributed by atoms with Gasteiger partial charge in [-0.15, -0.1) is 0 Å². The molecule has 0 amide bonds. The van der Waals surface area contributed by atoms with Gasteiger partial charge in [0.05, 0.1) is 14.2 Å². The molecule has 0 spiro atoms. The Kier molecular flexibility index (Phi) is 5.33. The minimum atomic E-state index is -1.30. The third-order valence-electron chi connectivity index (χ3n) is 4.47. The van der Waals surface area contributed by atoms with Gasteiger partial charge in [0.2, 0.25) is 10.6 Å². The summed E-state index contributed by atoms with van der Waals surface area (Å²) in [5, 5.41) is 0. The molecule has 0 aromatic heterocycles. The normalized spacial score (nSPS) is 16.2. The molecule has 4 nitrogen and oxygen atoms in total. The highest BCUT2D eigenvalue weighted by Crippen LogP contribution is 2.42. The van der Waals surface area contributed by atoms with Crippen molar-refractivity contribution in [2.45, 2.75) is 22.6 Å². The van der Waals surface area contributed by atoms with E-state index in [2.05, 4.69) is 11.9 Å². The van der Waals surface area contributed by atoms with Crippen LogP contribution in [0.1, 0.15) is 11.1 Å². The SMILES string of the molecule is COc1cc2c(c([S+]([O-])c3ccccc3)c1OC)CCN(C)CC2. The molecule has 0 bridgehead atoms. The third kappa shape index (κ3) is 3.24. The van der Waals surface area contributed by atoms with Crippen molar-refractivity contribution >= 4 is 11.2 Å². The van der Waals surface area contributed by atoms with Crippen LogP contribution in [0.4, 0.5) is 0 Å². The molecular formula is C19H23NO3S. The molecule has 128 valence electrons. The van der Waals surface area contributed by atoms with Gasteiger partial charge in [0.15, 0.2) is 10.6 Å². The third-order valence-corrected chi connectivity index (χ3v) is 5.97. The van der Waals surface area contributed by atoms with E-state index < -0.39 is 11.2 Å². The molecule has 1 atom stereocenters. The van der Waals surface area contributed by atoms with E-state index in [9.17, 15) is 4.55 Å². The topological polar surface area (TPSA) is 44.8 Å². The van der Waals surface area contributed by atoms with Crippen LogP contribution in [0.2, 0.25) is 0 Å². The average molecular weight is 345 g/mol. The van der Waals surface area contributed by atoms with E-state index in [1.165, 1.54) is 5.56 Å². The molecule has 3 rings (SSSR count). The van der Waals surface area contributed by atoms with Crippen molar-refractivity contribution in [3.8, 4) is 11.5 Å². The smallest absolute Gasteiger partial charge is 0.217 e. The maximum absolute atomic E-state index is 13.3. The Morgan fingerprint density at radius 3 is 2.42 bits per heavy atom. The Morgan fingerprint density at radius 2 is 1.75 bits per heavy atom. The highest BCUT2D eigenvalue weighted by atomic mass is 32.2. The lowest BCUT2D eigenvalue weighted by Gasteiger charge is -2.20. The molecule has 0 aliphatic carbocycles. The van der Waals surface area contributed by atoms with Gasteiger partial charge in [-0.1, -0.05) is 18.2 Å². The maximum atomic E-state index is 13.3. The molecule has 0 saturated carbocycles. The number of ether oxygens (including phenoxy) is 2. The molecule has 0 saturated heterocycles. The van der Waals surface area contributed by atoms with E-state index in [0.29, 0.717) is 11.5 Å². The summed E-state index contributed by atoms with van der Waals surface area (Å²) in [7, 11) is 5.36. The van der Waals surface area contributed by atoms with Crippen LogP contribution in [0, 0.1) is 0 Å². The van der Waals surface area contributed by atoms with E-state index in [4.69, 9.17) is 9.47 Å². The molecule has 1 heterocycles. The van der Waals surface area contributed by atoms with Crippen LogP contribution in [0.25, 0.3) is 0 Å². The van der Waals surface area contributed by atoms with Gasteiger partial charge in [-0.05, 0) is 43.7 Å². The minimum Gasteiger partial charge on any atom is -0.606 e. The number of benzene rings is 2. The number of methoxy groups -OCH3 is 2. The van der Waals surface area contributed by atoms with E-state index in [0.717, 1.165) is 41.3 Å². The van der Waals surface area contributed by atoms with Gasteiger partial charge in [0.25, 0.3) is 0 Å². The first kappa shape index (κ1) is 17.1. The molecule has 0 N–H and O–H groups in total. The van der Waals surface area contributed by atoms with Crippen molar-refractivity contribution in [3.63, 3.8) is 0 Å². The Balaban J connectivity index is 2.18. The second kappa shape index (κ2) is 7.47. The lowest BCUT2D eigenvalue weighted by atomic mass is 10.0. The number of hydrogen-bond acceptors (Lipinski definition) is 4. The number of rotatable bonds is 4. The van der Waals surface area contributed by atoms with Gasteiger partial charge in [-0.25, -0.2) is 0 Å². The van der Waals surface area contributed by atoms with E-state index in [-0.39, 0.29) is 0 Å². The monoisotopic (exact) mass is 345 g/mol. The van der Waals surface area contributed by atoms with Gasteiger partial charge in [0.1, 0.15) is 0 Å². The first-order valence-corrected chi connectivity index (χ1v) is 9.22. The quantitative estimate of drug-likeness (QED) is 0.799. The van der Waals surface area contributed by atoms with Crippen molar-refractivity contribution in [2.24, 2.45) is 0 Å². The lowest BCUT2D eigenvalue weighted by Crippen LogP contribution is -2.21. The van der Waals surface area contributed by atoms with Crippen LogP contribution in [0.5, 0.6) is 11.5 Å². The lowest BCUT2D eigenvalue weighted by molar-refractivity contribution is 0.345. The molecule has 0 radical (unpaired) electrons. The molecule has 2 aromatic carbocycles. The second-order valence-electron chi connectivity index (χ2n) is 5.96. The number of likely N-dealkylation sites (N-methyl/N-ethyl adjacent to an activating group) is 1. The summed E-state index contributed by atoms with van der Waals surface area (Å²) in [4.78, 5) is 3.84. The minimum absolute atomic E-state index is 0.586. The highest BCUT2D eigenvalue weighted by molar-refractivity contribution is 7.91. The van der Waals surface area contributed by atoms with Crippen molar-refractivity contribution in [3.05, 3.63) is 47.5 Å². The van der Waals surface area contributed by atoms with Gasteiger partial charge in [-0.3, -0.25) is 0 Å². The Morgan fingerprint density at radius 1 is 1.04 bits per heavy atom. The Labute approximate surface area is 146 Å².